The highest BCUT2D eigenvalue weighted by molar-refractivity contribution is 7.84. The minimum atomic E-state index is -1.02. The summed E-state index contributed by atoms with van der Waals surface area (Å²) in [6.07, 6.45) is 2.74. The Labute approximate surface area is 139 Å². The van der Waals surface area contributed by atoms with Crippen molar-refractivity contribution in [3.05, 3.63) is 82.9 Å². The predicted octanol–water partition coefficient (Wildman–Crippen LogP) is 4.96. The zero-order valence-corrected chi connectivity index (χ0v) is 14.1. The van der Waals surface area contributed by atoms with E-state index in [0.717, 1.165) is 16.9 Å². The van der Waals surface area contributed by atoms with Crippen molar-refractivity contribution >= 4 is 27.1 Å². The van der Waals surface area contributed by atoms with Crippen molar-refractivity contribution in [3.63, 3.8) is 0 Å². The molecule has 4 rings (SSSR count). The Balaban J connectivity index is 2.11. The molecule has 0 saturated carbocycles. The lowest BCUT2D eigenvalue weighted by Gasteiger charge is -2.15. The molecule has 0 unspecified atom stereocenters. The fourth-order valence-corrected chi connectivity index (χ4v) is 4.38. The van der Waals surface area contributed by atoms with Crippen LogP contribution in [0.3, 0.4) is 0 Å². The molecule has 114 valence electrons. The van der Waals surface area contributed by atoms with E-state index in [2.05, 4.69) is 61.5 Å². The lowest BCUT2D eigenvalue weighted by atomic mass is 9.93. The van der Waals surface area contributed by atoms with Gasteiger partial charge in [0.1, 0.15) is 0 Å². The molecule has 1 aliphatic rings. The van der Waals surface area contributed by atoms with Crippen LogP contribution in [0.5, 0.6) is 0 Å². The van der Waals surface area contributed by atoms with E-state index in [-0.39, 0.29) is 0 Å². The number of allylic oxidation sites excluding steroid dienone is 1. The summed E-state index contributed by atoms with van der Waals surface area (Å²) >= 11 is 0. The summed E-state index contributed by atoms with van der Waals surface area (Å²) in [5, 5.41) is 2.38. The molecule has 3 aromatic carbocycles. The van der Waals surface area contributed by atoms with Crippen molar-refractivity contribution < 1.29 is 4.21 Å². The van der Waals surface area contributed by atoms with Gasteiger partial charge in [-0.2, -0.15) is 0 Å². The summed E-state index contributed by atoms with van der Waals surface area (Å²) in [5.74, 6) is 0. The van der Waals surface area contributed by atoms with E-state index in [4.69, 9.17) is 0 Å². The number of hydrogen-bond donors (Lipinski definition) is 0. The van der Waals surface area contributed by atoms with Gasteiger partial charge in [-0.15, -0.1) is 0 Å². The molecule has 1 atom stereocenters. The van der Waals surface area contributed by atoms with Gasteiger partial charge in [-0.05, 0) is 46.9 Å². The Morgan fingerprint density at radius 2 is 1.65 bits per heavy atom. The first-order valence-corrected chi connectivity index (χ1v) is 9.36. The average molecular weight is 318 g/mol. The molecule has 0 bridgehead atoms. The monoisotopic (exact) mass is 318 g/mol. The van der Waals surface area contributed by atoms with Crippen LogP contribution in [0, 0.1) is 0 Å². The third-order valence-corrected chi connectivity index (χ3v) is 5.58. The first kappa shape index (κ1) is 14.4. The Hall–Kier alpha value is -2.19. The van der Waals surface area contributed by atoms with E-state index in [1.165, 1.54) is 33.0 Å². The van der Waals surface area contributed by atoms with Crippen LogP contribution in [0.2, 0.25) is 0 Å². The van der Waals surface area contributed by atoms with E-state index >= 15 is 0 Å². The van der Waals surface area contributed by atoms with Crippen LogP contribution in [-0.2, 0) is 17.2 Å². The number of rotatable bonds is 2. The van der Waals surface area contributed by atoms with Crippen molar-refractivity contribution in [2.45, 2.75) is 18.2 Å². The van der Waals surface area contributed by atoms with E-state index in [9.17, 15) is 4.21 Å². The molecular weight excluding hydrogens is 300 g/mol. The van der Waals surface area contributed by atoms with Crippen LogP contribution in [0.25, 0.3) is 16.3 Å². The zero-order chi connectivity index (χ0) is 16.0. The summed E-state index contributed by atoms with van der Waals surface area (Å²) in [6.45, 7) is 2.19. The van der Waals surface area contributed by atoms with Gasteiger partial charge in [0.15, 0.2) is 0 Å². The standard InChI is InChI=1S/C21H18OS/c1-14-13-16-8-4-6-10-18(16)20(14)21-17-9-5-3-7-15(17)11-12-19(21)23(2)22/h3-12H,13H2,1-2H3/t23-/m0/s1. The first-order valence-electron chi connectivity index (χ1n) is 7.80. The van der Waals surface area contributed by atoms with Crippen molar-refractivity contribution in [3.8, 4) is 0 Å². The highest BCUT2D eigenvalue weighted by Crippen LogP contribution is 2.42. The maximum atomic E-state index is 12.4. The molecule has 0 fully saturated rings. The van der Waals surface area contributed by atoms with Gasteiger partial charge < -0.3 is 0 Å². The van der Waals surface area contributed by atoms with E-state index in [0.29, 0.717) is 0 Å². The predicted molar refractivity (Wildman–Crippen MR) is 98.1 cm³/mol. The highest BCUT2D eigenvalue weighted by atomic mass is 32.2. The van der Waals surface area contributed by atoms with E-state index in [1.54, 1.807) is 6.26 Å². The Bertz CT molecular complexity index is 982. The topological polar surface area (TPSA) is 17.1 Å². The molecule has 0 heterocycles. The van der Waals surface area contributed by atoms with Gasteiger partial charge in [-0.1, -0.05) is 60.2 Å². The first-order chi connectivity index (χ1) is 11.2. The quantitative estimate of drug-likeness (QED) is 0.653. The molecule has 23 heavy (non-hydrogen) atoms. The van der Waals surface area contributed by atoms with Crippen molar-refractivity contribution in [1.29, 1.82) is 0 Å². The second kappa shape index (κ2) is 5.47. The molecule has 3 aromatic rings. The molecule has 0 aromatic heterocycles. The van der Waals surface area contributed by atoms with Gasteiger partial charge in [0, 0.05) is 16.7 Å². The minimum absolute atomic E-state index is 0.926. The van der Waals surface area contributed by atoms with Gasteiger partial charge in [0.05, 0.1) is 10.8 Å². The van der Waals surface area contributed by atoms with Crippen molar-refractivity contribution in [2.75, 3.05) is 6.26 Å². The number of benzene rings is 3. The molecule has 2 heteroatoms. The average Bonchev–Trinajstić information content (AvgIpc) is 2.89. The van der Waals surface area contributed by atoms with Gasteiger partial charge in [-0.3, -0.25) is 4.21 Å². The smallest absolute Gasteiger partial charge is 0.0504 e. The van der Waals surface area contributed by atoms with Gasteiger partial charge in [0.2, 0.25) is 0 Å². The van der Waals surface area contributed by atoms with E-state index < -0.39 is 10.8 Å². The molecule has 0 spiro atoms. The minimum Gasteiger partial charge on any atom is -0.255 e. The number of fused-ring (bicyclic) bond motifs is 2. The lowest BCUT2D eigenvalue weighted by molar-refractivity contribution is 0.686. The molecule has 0 N–H and O–H groups in total. The summed E-state index contributed by atoms with van der Waals surface area (Å²) in [7, 11) is -1.02. The Morgan fingerprint density at radius 1 is 0.913 bits per heavy atom. The summed E-state index contributed by atoms with van der Waals surface area (Å²) in [6, 6.07) is 21.0. The van der Waals surface area contributed by atoms with Crippen LogP contribution in [0.4, 0.5) is 0 Å². The molecule has 0 amide bonds. The molecule has 0 radical (unpaired) electrons. The summed E-state index contributed by atoms with van der Waals surface area (Å²) in [4.78, 5) is 0.926. The molecule has 1 nitrogen and oxygen atoms in total. The molecule has 0 aliphatic heterocycles. The van der Waals surface area contributed by atoms with Gasteiger partial charge >= 0.3 is 0 Å². The third kappa shape index (κ3) is 2.25. The fourth-order valence-electron chi connectivity index (χ4n) is 3.62. The normalized spacial score (nSPS) is 15.0. The third-order valence-electron chi connectivity index (χ3n) is 4.62. The highest BCUT2D eigenvalue weighted by Gasteiger charge is 2.24. The van der Waals surface area contributed by atoms with Crippen LogP contribution < -0.4 is 0 Å². The molecule has 1 aliphatic carbocycles. The number of hydrogen-bond acceptors (Lipinski definition) is 1. The Kier molecular flexibility index (Phi) is 3.42. The summed E-state index contributed by atoms with van der Waals surface area (Å²) < 4.78 is 12.4. The lowest BCUT2D eigenvalue weighted by Crippen LogP contribution is -1.98. The Morgan fingerprint density at radius 3 is 2.48 bits per heavy atom. The maximum absolute atomic E-state index is 12.4. The zero-order valence-electron chi connectivity index (χ0n) is 13.3. The molecular formula is C21H18OS. The second-order valence-corrected chi connectivity index (χ2v) is 7.45. The van der Waals surface area contributed by atoms with Crippen LogP contribution in [-0.4, -0.2) is 10.5 Å². The molecule has 0 saturated heterocycles. The summed E-state index contributed by atoms with van der Waals surface area (Å²) in [5.41, 5.74) is 6.41. The SMILES string of the molecule is CC1=C(c2c([S@](C)=O)ccc3ccccc23)c2ccccc2C1. The van der Waals surface area contributed by atoms with Crippen molar-refractivity contribution in [1.82, 2.24) is 0 Å². The fraction of sp³-hybridized carbons (Fsp3) is 0.143. The second-order valence-electron chi connectivity index (χ2n) is 6.10. The van der Waals surface area contributed by atoms with Crippen molar-refractivity contribution in [2.24, 2.45) is 0 Å². The van der Waals surface area contributed by atoms with Gasteiger partial charge in [-0.25, -0.2) is 0 Å². The van der Waals surface area contributed by atoms with Gasteiger partial charge in [0.25, 0.3) is 0 Å². The van der Waals surface area contributed by atoms with Crippen LogP contribution in [0.1, 0.15) is 23.6 Å². The van der Waals surface area contributed by atoms with Crippen LogP contribution >= 0.6 is 0 Å². The maximum Gasteiger partial charge on any atom is 0.0504 e. The largest absolute Gasteiger partial charge is 0.255 e. The van der Waals surface area contributed by atoms with E-state index in [1.807, 2.05) is 6.07 Å². The van der Waals surface area contributed by atoms with Crippen LogP contribution in [0.15, 0.2) is 71.1 Å².